The van der Waals surface area contributed by atoms with Gasteiger partial charge in [0.25, 0.3) is 0 Å². The van der Waals surface area contributed by atoms with Crippen LogP contribution >= 0.6 is 0 Å². The van der Waals surface area contributed by atoms with Crippen LogP contribution in [-0.2, 0) is 6.42 Å². The molecule has 1 N–H and O–H groups in total. The average molecular weight is 242 g/mol. The highest BCUT2D eigenvalue weighted by molar-refractivity contribution is 5.69. The normalized spacial score (nSPS) is 10.4. The summed E-state index contributed by atoms with van der Waals surface area (Å²) in [7, 11) is 1.88. The molecular formula is C14H18N4. The number of aryl methyl sites for hydroxylation is 2. The molecule has 4 heteroatoms. The van der Waals surface area contributed by atoms with Crippen molar-refractivity contribution in [2.45, 2.75) is 27.2 Å². The smallest absolute Gasteiger partial charge is 0.132 e. The molecule has 2 aromatic rings. The van der Waals surface area contributed by atoms with Crippen molar-refractivity contribution in [3.05, 3.63) is 35.4 Å². The van der Waals surface area contributed by atoms with Gasteiger partial charge in [-0.2, -0.15) is 0 Å². The molecule has 0 spiro atoms. The van der Waals surface area contributed by atoms with Crippen LogP contribution in [-0.4, -0.2) is 22.0 Å². The lowest BCUT2D eigenvalue weighted by atomic mass is 10.0. The molecule has 2 rings (SSSR count). The van der Waals surface area contributed by atoms with Crippen molar-refractivity contribution in [1.82, 2.24) is 15.0 Å². The monoisotopic (exact) mass is 242 g/mol. The van der Waals surface area contributed by atoms with Gasteiger partial charge in [-0.25, -0.2) is 9.97 Å². The maximum absolute atomic E-state index is 4.64. The van der Waals surface area contributed by atoms with Gasteiger partial charge in [0.05, 0.1) is 5.69 Å². The summed E-state index contributed by atoms with van der Waals surface area (Å²) >= 11 is 0. The van der Waals surface area contributed by atoms with Crippen molar-refractivity contribution >= 4 is 5.82 Å². The third kappa shape index (κ3) is 2.18. The number of nitrogens with one attached hydrogen (secondary N) is 1. The van der Waals surface area contributed by atoms with Crippen LogP contribution in [0.5, 0.6) is 0 Å². The minimum Gasteiger partial charge on any atom is -0.373 e. The molecule has 18 heavy (non-hydrogen) atoms. The van der Waals surface area contributed by atoms with E-state index in [0.29, 0.717) is 0 Å². The first kappa shape index (κ1) is 12.5. The van der Waals surface area contributed by atoms with Crippen LogP contribution in [0, 0.1) is 13.8 Å². The highest BCUT2D eigenvalue weighted by Crippen LogP contribution is 2.27. The predicted molar refractivity (Wildman–Crippen MR) is 73.7 cm³/mol. The molecule has 0 atom stereocenters. The van der Waals surface area contributed by atoms with Gasteiger partial charge in [0.2, 0.25) is 0 Å². The number of hydrogen-bond acceptors (Lipinski definition) is 4. The number of hydrogen-bond donors (Lipinski definition) is 1. The quantitative estimate of drug-likeness (QED) is 0.899. The van der Waals surface area contributed by atoms with Crippen LogP contribution < -0.4 is 5.32 Å². The fraction of sp³-hybridized carbons (Fsp3) is 0.357. The predicted octanol–water partition coefficient (Wildman–Crippen LogP) is 2.76. The molecule has 2 aromatic heterocycles. The van der Waals surface area contributed by atoms with Gasteiger partial charge in [0.1, 0.15) is 11.6 Å². The van der Waals surface area contributed by atoms with Crippen LogP contribution in [0.1, 0.15) is 23.9 Å². The average Bonchev–Trinajstić information content (AvgIpc) is 2.40. The summed E-state index contributed by atoms with van der Waals surface area (Å²) in [4.78, 5) is 13.3. The fourth-order valence-corrected chi connectivity index (χ4v) is 1.94. The maximum atomic E-state index is 4.64. The Balaban J connectivity index is 2.67. The molecule has 2 heterocycles. The second kappa shape index (κ2) is 5.12. The Hall–Kier alpha value is -1.97. The molecule has 0 aliphatic rings. The minimum atomic E-state index is 0.821. The molecule has 0 amide bonds. The first-order valence-corrected chi connectivity index (χ1v) is 6.13. The van der Waals surface area contributed by atoms with Gasteiger partial charge < -0.3 is 5.32 Å². The highest BCUT2D eigenvalue weighted by atomic mass is 15.0. The van der Waals surface area contributed by atoms with Crippen molar-refractivity contribution < 1.29 is 0 Å². The number of anilines is 1. The molecule has 0 saturated heterocycles. The summed E-state index contributed by atoms with van der Waals surface area (Å²) < 4.78 is 0. The molecule has 0 aliphatic heterocycles. The Kier molecular flexibility index (Phi) is 3.55. The molecule has 94 valence electrons. The molecule has 0 radical (unpaired) electrons. The topological polar surface area (TPSA) is 50.7 Å². The lowest BCUT2D eigenvalue weighted by Crippen LogP contribution is -2.05. The van der Waals surface area contributed by atoms with Crippen LogP contribution in [0.2, 0.25) is 0 Å². The lowest BCUT2D eigenvalue weighted by Gasteiger charge is -2.13. The van der Waals surface area contributed by atoms with E-state index in [1.165, 1.54) is 5.56 Å². The Bertz CT molecular complexity index is 564. The number of nitrogens with zero attached hydrogens (tertiary/aromatic N) is 3. The van der Waals surface area contributed by atoms with E-state index in [1.807, 2.05) is 26.2 Å². The van der Waals surface area contributed by atoms with Crippen LogP contribution in [0.25, 0.3) is 11.3 Å². The SMILES string of the molecule is CCc1nc(NC)c(C)c(-c2cnccc2C)n1. The van der Waals surface area contributed by atoms with Crippen molar-refractivity contribution in [3.63, 3.8) is 0 Å². The van der Waals surface area contributed by atoms with E-state index in [-0.39, 0.29) is 0 Å². The van der Waals surface area contributed by atoms with E-state index in [4.69, 9.17) is 0 Å². The first-order chi connectivity index (χ1) is 8.67. The Labute approximate surface area is 108 Å². The van der Waals surface area contributed by atoms with Crippen LogP contribution in [0.3, 0.4) is 0 Å². The van der Waals surface area contributed by atoms with Gasteiger partial charge in [0.15, 0.2) is 0 Å². The van der Waals surface area contributed by atoms with Gasteiger partial charge >= 0.3 is 0 Å². The van der Waals surface area contributed by atoms with Gasteiger partial charge in [0, 0.05) is 37.0 Å². The second-order valence-electron chi connectivity index (χ2n) is 4.26. The summed E-state index contributed by atoms with van der Waals surface area (Å²) in [5, 5.41) is 3.13. The summed E-state index contributed by atoms with van der Waals surface area (Å²) in [6.45, 7) is 6.17. The molecule has 0 bridgehead atoms. The number of aromatic nitrogens is 3. The van der Waals surface area contributed by atoms with Crippen molar-refractivity contribution in [1.29, 1.82) is 0 Å². The Morgan fingerprint density at radius 1 is 1.22 bits per heavy atom. The van der Waals surface area contributed by atoms with Crippen molar-refractivity contribution in [3.8, 4) is 11.3 Å². The van der Waals surface area contributed by atoms with Crippen LogP contribution in [0.4, 0.5) is 5.82 Å². The maximum Gasteiger partial charge on any atom is 0.132 e. The molecule has 0 aromatic carbocycles. The van der Waals surface area contributed by atoms with E-state index >= 15 is 0 Å². The van der Waals surface area contributed by atoms with Gasteiger partial charge in [-0.05, 0) is 25.5 Å². The van der Waals surface area contributed by atoms with Crippen molar-refractivity contribution in [2.75, 3.05) is 12.4 Å². The molecule has 0 aliphatic carbocycles. The summed E-state index contributed by atoms with van der Waals surface area (Å²) in [6, 6.07) is 2.00. The molecule has 4 nitrogen and oxygen atoms in total. The van der Waals surface area contributed by atoms with Crippen molar-refractivity contribution in [2.24, 2.45) is 0 Å². The zero-order chi connectivity index (χ0) is 13.1. The standard InChI is InChI=1S/C14H18N4/c1-5-12-17-13(10(3)14(15-4)18-12)11-8-16-7-6-9(11)2/h6-8H,5H2,1-4H3,(H,15,17,18). The molecule has 0 fully saturated rings. The fourth-order valence-electron chi connectivity index (χ4n) is 1.94. The van der Waals surface area contributed by atoms with E-state index in [2.05, 4.69) is 34.1 Å². The third-order valence-electron chi connectivity index (χ3n) is 3.04. The zero-order valence-electron chi connectivity index (χ0n) is 11.3. The Morgan fingerprint density at radius 3 is 2.61 bits per heavy atom. The second-order valence-corrected chi connectivity index (χ2v) is 4.26. The van der Waals surface area contributed by atoms with Crippen LogP contribution in [0.15, 0.2) is 18.5 Å². The van der Waals surface area contributed by atoms with E-state index in [9.17, 15) is 0 Å². The third-order valence-corrected chi connectivity index (χ3v) is 3.04. The largest absolute Gasteiger partial charge is 0.373 e. The van der Waals surface area contributed by atoms with E-state index in [1.54, 1.807) is 6.20 Å². The van der Waals surface area contributed by atoms with E-state index in [0.717, 1.165) is 34.9 Å². The van der Waals surface area contributed by atoms with Gasteiger partial charge in [-0.15, -0.1) is 0 Å². The molecular weight excluding hydrogens is 224 g/mol. The highest BCUT2D eigenvalue weighted by Gasteiger charge is 2.12. The lowest BCUT2D eigenvalue weighted by molar-refractivity contribution is 0.934. The summed E-state index contributed by atoms with van der Waals surface area (Å²) in [5.74, 6) is 1.74. The first-order valence-electron chi connectivity index (χ1n) is 6.13. The van der Waals surface area contributed by atoms with E-state index < -0.39 is 0 Å². The minimum absolute atomic E-state index is 0.821. The zero-order valence-corrected chi connectivity index (χ0v) is 11.3. The number of pyridine rings is 1. The number of rotatable bonds is 3. The Morgan fingerprint density at radius 2 is 2.00 bits per heavy atom. The van der Waals surface area contributed by atoms with Gasteiger partial charge in [-0.1, -0.05) is 6.92 Å². The van der Waals surface area contributed by atoms with Gasteiger partial charge in [-0.3, -0.25) is 4.98 Å². The summed E-state index contributed by atoms with van der Waals surface area (Å²) in [5.41, 5.74) is 4.28. The summed E-state index contributed by atoms with van der Waals surface area (Å²) in [6.07, 6.45) is 4.49. The molecule has 0 unspecified atom stereocenters. The molecule has 0 saturated carbocycles.